The van der Waals surface area contributed by atoms with Crippen LogP contribution in [0, 0.1) is 16.0 Å². The highest BCUT2D eigenvalue weighted by Gasteiger charge is 2.40. The van der Waals surface area contributed by atoms with Crippen molar-refractivity contribution in [2.45, 2.75) is 18.4 Å². The van der Waals surface area contributed by atoms with Gasteiger partial charge in [0.25, 0.3) is 5.69 Å². The van der Waals surface area contributed by atoms with E-state index in [9.17, 15) is 10.1 Å². The van der Waals surface area contributed by atoms with E-state index in [0.29, 0.717) is 17.2 Å². The summed E-state index contributed by atoms with van der Waals surface area (Å²) in [7, 11) is 3.19. The maximum atomic E-state index is 11.5. The molecule has 7 heteroatoms. The van der Waals surface area contributed by atoms with E-state index in [2.05, 4.69) is 33.4 Å². The van der Waals surface area contributed by atoms with Crippen molar-refractivity contribution < 1.29 is 14.4 Å². The maximum absolute atomic E-state index is 11.5. The van der Waals surface area contributed by atoms with Gasteiger partial charge in [-0.2, -0.15) is 0 Å². The fourth-order valence-electron chi connectivity index (χ4n) is 4.20. The van der Waals surface area contributed by atoms with Gasteiger partial charge in [0.15, 0.2) is 11.5 Å². The summed E-state index contributed by atoms with van der Waals surface area (Å²) in [5, 5.41) is 15.0. The second kappa shape index (κ2) is 6.88. The van der Waals surface area contributed by atoms with E-state index in [1.54, 1.807) is 26.4 Å². The number of nitrogens with zero attached hydrogens (tertiary/aromatic N) is 1. The van der Waals surface area contributed by atoms with Gasteiger partial charge in [0, 0.05) is 12.0 Å². The van der Waals surface area contributed by atoms with Crippen LogP contribution in [-0.4, -0.2) is 19.1 Å². The fourth-order valence-corrected chi connectivity index (χ4v) is 4.83. The zero-order valence-electron chi connectivity index (χ0n) is 14.9. The Labute approximate surface area is 165 Å². The summed E-state index contributed by atoms with van der Waals surface area (Å²) in [4.78, 5) is 11.2. The molecule has 0 spiro atoms. The monoisotopic (exact) mass is 430 g/mol. The molecule has 27 heavy (non-hydrogen) atoms. The lowest BCUT2D eigenvalue weighted by Crippen LogP contribution is -2.29. The van der Waals surface area contributed by atoms with Crippen molar-refractivity contribution in [2.75, 3.05) is 19.5 Å². The van der Waals surface area contributed by atoms with Gasteiger partial charge in [0.05, 0.1) is 29.7 Å². The van der Waals surface area contributed by atoms with Crippen LogP contribution in [0.15, 0.2) is 47.0 Å². The van der Waals surface area contributed by atoms with Gasteiger partial charge >= 0.3 is 0 Å². The summed E-state index contributed by atoms with van der Waals surface area (Å²) in [6.07, 6.45) is 5.24. The Balaban J connectivity index is 1.84. The molecule has 3 atom stereocenters. The normalized spacial score (nSPS) is 22.6. The summed E-state index contributed by atoms with van der Waals surface area (Å²) < 4.78 is 11.7. The molecule has 1 aliphatic carbocycles. The Morgan fingerprint density at radius 2 is 2.07 bits per heavy atom. The molecule has 0 radical (unpaired) electrons. The van der Waals surface area contributed by atoms with Gasteiger partial charge < -0.3 is 14.8 Å². The lowest BCUT2D eigenvalue weighted by atomic mass is 9.76. The minimum atomic E-state index is -0.327. The van der Waals surface area contributed by atoms with E-state index < -0.39 is 0 Å². The molecule has 3 unspecified atom stereocenters. The molecule has 1 aliphatic heterocycles. The topological polar surface area (TPSA) is 73.6 Å². The molecule has 1 N–H and O–H groups in total. The van der Waals surface area contributed by atoms with Gasteiger partial charge in [-0.25, -0.2) is 0 Å². The number of nitrogens with one attached hydrogen (secondary N) is 1. The average molecular weight is 431 g/mol. The number of halogens is 1. The largest absolute Gasteiger partial charge is 0.493 e. The molecule has 2 aliphatic rings. The Morgan fingerprint density at radius 3 is 2.78 bits per heavy atom. The lowest BCUT2D eigenvalue weighted by molar-refractivity contribution is -0.384. The van der Waals surface area contributed by atoms with Gasteiger partial charge in [-0.3, -0.25) is 10.1 Å². The molecule has 6 nitrogen and oxygen atoms in total. The van der Waals surface area contributed by atoms with E-state index in [4.69, 9.17) is 9.47 Å². The van der Waals surface area contributed by atoms with Crippen LogP contribution >= 0.6 is 15.9 Å². The second-order valence-corrected chi connectivity index (χ2v) is 7.57. The molecule has 2 aromatic rings. The summed E-state index contributed by atoms with van der Waals surface area (Å²) in [5.74, 6) is 1.69. The van der Waals surface area contributed by atoms with E-state index in [1.165, 1.54) is 0 Å². The third-order valence-electron chi connectivity index (χ3n) is 5.39. The summed E-state index contributed by atoms with van der Waals surface area (Å²) >= 11 is 3.55. The molecule has 0 fully saturated rings. The molecule has 0 bridgehead atoms. The first kappa shape index (κ1) is 17.9. The quantitative estimate of drug-likeness (QED) is 0.409. The maximum Gasteiger partial charge on any atom is 0.292 e. The fraction of sp³-hybridized carbons (Fsp3) is 0.300. The number of anilines is 1. The minimum absolute atomic E-state index is 0.0743. The van der Waals surface area contributed by atoms with Crippen LogP contribution in [-0.2, 0) is 0 Å². The number of nitro groups is 1. The molecule has 140 valence electrons. The van der Waals surface area contributed by atoms with Crippen molar-refractivity contribution in [1.82, 2.24) is 0 Å². The zero-order valence-corrected chi connectivity index (χ0v) is 16.5. The first-order valence-electron chi connectivity index (χ1n) is 8.67. The first-order valence-corrected chi connectivity index (χ1v) is 9.46. The van der Waals surface area contributed by atoms with E-state index >= 15 is 0 Å². The predicted octanol–water partition coefficient (Wildman–Crippen LogP) is 5.20. The molecular weight excluding hydrogens is 412 g/mol. The van der Waals surface area contributed by atoms with E-state index in [1.807, 2.05) is 18.2 Å². The average Bonchev–Trinajstić information content (AvgIpc) is 3.16. The molecule has 4 rings (SSSR count). The summed E-state index contributed by atoms with van der Waals surface area (Å²) in [6.45, 7) is 0. The number of methoxy groups -OCH3 is 2. The van der Waals surface area contributed by atoms with Gasteiger partial charge in [-0.15, -0.1) is 0 Å². The number of allylic oxidation sites excluding steroid dienone is 2. The highest BCUT2D eigenvalue weighted by Crippen LogP contribution is 2.53. The molecule has 2 aromatic carbocycles. The third kappa shape index (κ3) is 2.86. The molecule has 0 aromatic heterocycles. The Morgan fingerprint density at radius 1 is 1.26 bits per heavy atom. The van der Waals surface area contributed by atoms with Gasteiger partial charge in [-0.05, 0) is 51.5 Å². The number of hydrogen-bond donors (Lipinski definition) is 1. The van der Waals surface area contributed by atoms with Crippen molar-refractivity contribution in [3.05, 3.63) is 68.2 Å². The molecule has 0 saturated heterocycles. The van der Waals surface area contributed by atoms with Crippen LogP contribution < -0.4 is 14.8 Å². The van der Waals surface area contributed by atoms with Crippen molar-refractivity contribution in [3.8, 4) is 11.5 Å². The number of hydrogen-bond acceptors (Lipinski definition) is 5. The Hall–Kier alpha value is -2.54. The first-order chi connectivity index (χ1) is 13.0. The zero-order chi connectivity index (χ0) is 19.1. The third-order valence-corrected chi connectivity index (χ3v) is 5.98. The number of benzene rings is 2. The van der Waals surface area contributed by atoms with Crippen LogP contribution in [0.3, 0.4) is 0 Å². The van der Waals surface area contributed by atoms with Gasteiger partial charge in [0.2, 0.25) is 0 Å². The predicted molar refractivity (Wildman–Crippen MR) is 107 cm³/mol. The van der Waals surface area contributed by atoms with E-state index in [0.717, 1.165) is 22.0 Å². The second-order valence-electron chi connectivity index (χ2n) is 6.71. The summed E-state index contributed by atoms with van der Waals surface area (Å²) in [5.41, 5.74) is 2.70. The SMILES string of the molecule is COc1cc(C2Nc3c(cccc3[N+](=O)[O-])C3C=CCC32)cc(Br)c1OC. The van der Waals surface area contributed by atoms with E-state index in [-0.39, 0.29) is 28.5 Å². The van der Waals surface area contributed by atoms with Crippen LogP contribution in [0.2, 0.25) is 0 Å². The number of para-hydroxylation sites is 1. The molecular formula is C20H19BrN2O4. The van der Waals surface area contributed by atoms with Gasteiger partial charge in [-0.1, -0.05) is 24.3 Å². The molecule has 0 amide bonds. The van der Waals surface area contributed by atoms with Crippen molar-refractivity contribution in [1.29, 1.82) is 0 Å². The minimum Gasteiger partial charge on any atom is -0.493 e. The highest BCUT2D eigenvalue weighted by atomic mass is 79.9. The number of rotatable bonds is 4. The number of nitro benzene ring substituents is 1. The molecule has 0 saturated carbocycles. The van der Waals surface area contributed by atoms with Crippen LogP contribution in [0.4, 0.5) is 11.4 Å². The summed E-state index contributed by atoms with van der Waals surface area (Å²) in [6, 6.07) is 9.14. The Kier molecular flexibility index (Phi) is 4.55. The molecule has 1 heterocycles. The highest BCUT2D eigenvalue weighted by molar-refractivity contribution is 9.10. The van der Waals surface area contributed by atoms with Crippen molar-refractivity contribution >= 4 is 27.3 Å². The smallest absolute Gasteiger partial charge is 0.292 e. The standard InChI is InChI=1S/C20H19BrN2O4/c1-26-17-10-11(9-15(21)20(17)27-2)18-13-6-3-5-12(13)14-7-4-8-16(23(24)25)19(14)22-18/h3-5,7-10,12-13,18,22H,6H2,1-2H3. The van der Waals surface area contributed by atoms with Crippen molar-refractivity contribution in [2.24, 2.45) is 5.92 Å². The van der Waals surface area contributed by atoms with Crippen LogP contribution in [0.1, 0.15) is 29.5 Å². The van der Waals surface area contributed by atoms with Gasteiger partial charge in [0.1, 0.15) is 5.69 Å². The van der Waals surface area contributed by atoms with Crippen molar-refractivity contribution in [3.63, 3.8) is 0 Å². The number of ether oxygens (including phenoxy) is 2. The Bertz CT molecular complexity index is 944. The van der Waals surface area contributed by atoms with Crippen LogP contribution in [0.25, 0.3) is 0 Å². The lowest BCUT2D eigenvalue weighted by Gasteiger charge is -2.37. The van der Waals surface area contributed by atoms with Crippen LogP contribution in [0.5, 0.6) is 11.5 Å². The number of fused-ring (bicyclic) bond motifs is 3.